The van der Waals surface area contributed by atoms with Crippen LogP contribution in [-0.2, 0) is 11.2 Å². The van der Waals surface area contributed by atoms with Crippen LogP contribution in [0.5, 0.6) is 5.75 Å². The molecule has 0 bridgehead atoms. The molecule has 0 spiro atoms. The first-order valence-corrected chi connectivity index (χ1v) is 13.7. The van der Waals surface area contributed by atoms with E-state index in [1.54, 1.807) is 0 Å². The minimum atomic E-state index is -0.256. The summed E-state index contributed by atoms with van der Waals surface area (Å²) in [6, 6.07) is 4.45. The Labute approximate surface area is 209 Å². The third kappa shape index (κ3) is 6.08. The number of fused-ring (bicyclic) bond motifs is 2. The van der Waals surface area contributed by atoms with Gasteiger partial charge in [0.25, 0.3) is 5.91 Å². The summed E-state index contributed by atoms with van der Waals surface area (Å²) in [6.45, 7) is 9.16. The molecule has 1 aromatic heterocycles. The second-order valence-corrected chi connectivity index (χ2v) is 10.5. The van der Waals surface area contributed by atoms with Crippen LogP contribution in [0.4, 0.5) is 0 Å². The number of carbonyl (C=O) groups is 1. The molecule has 2 atom stereocenters. The Hall–Kier alpha value is -2.34. The van der Waals surface area contributed by atoms with E-state index in [2.05, 4.69) is 17.1 Å². The fourth-order valence-corrected chi connectivity index (χ4v) is 6.00. The molecular weight excluding hydrogens is 440 g/mol. The number of unbranched alkanes of at least 4 members (excludes halogenated alkanes) is 3. The summed E-state index contributed by atoms with van der Waals surface area (Å²) >= 11 is 0. The molecule has 35 heavy (non-hydrogen) atoms. The van der Waals surface area contributed by atoms with E-state index in [1.807, 2.05) is 26.0 Å². The van der Waals surface area contributed by atoms with Crippen LogP contribution in [-0.4, -0.2) is 43.1 Å². The zero-order valence-electron chi connectivity index (χ0n) is 21.8. The fourth-order valence-electron chi connectivity index (χ4n) is 6.00. The van der Waals surface area contributed by atoms with E-state index in [0.29, 0.717) is 23.3 Å². The second kappa shape index (κ2) is 12.1. The summed E-state index contributed by atoms with van der Waals surface area (Å²) < 4.78 is 11.6. The number of carbonyl (C=O) groups excluding carboxylic acids is 1. The van der Waals surface area contributed by atoms with Crippen LogP contribution in [0.25, 0.3) is 11.0 Å². The van der Waals surface area contributed by atoms with Gasteiger partial charge in [-0.1, -0.05) is 32.6 Å². The molecule has 2 aromatic rings. The maximum Gasteiger partial charge on any atom is 0.339 e. The highest BCUT2D eigenvalue weighted by molar-refractivity contribution is 5.86. The summed E-state index contributed by atoms with van der Waals surface area (Å²) in [5.74, 6) is 1.02. The van der Waals surface area contributed by atoms with Gasteiger partial charge in [-0.3, -0.25) is 4.79 Å². The van der Waals surface area contributed by atoms with Gasteiger partial charge in [0.15, 0.2) is 6.61 Å². The largest absolute Gasteiger partial charge is 0.483 e. The van der Waals surface area contributed by atoms with Gasteiger partial charge in [0, 0.05) is 29.1 Å². The number of aryl methyl sites for hydroxylation is 2. The van der Waals surface area contributed by atoms with Gasteiger partial charge in [-0.25, -0.2) is 4.79 Å². The van der Waals surface area contributed by atoms with Crippen molar-refractivity contribution in [3.8, 4) is 5.75 Å². The zero-order chi connectivity index (χ0) is 24.8. The van der Waals surface area contributed by atoms with Gasteiger partial charge >= 0.3 is 5.63 Å². The van der Waals surface area contributed by atoms with Crippen LogP contribution in [0.2, 0.25) is 0 Å². The van der Waals surface area contributed by atoms with E-state index < -0.39 is 0 Å². The normalized spacial score (nSPS) is 20.5. The lowest BCUT2D eigenvalue weighted by atomic mass is 9.83. The molecule has 2 unspecified atom stereocenters. The Morgan fingerprint density at radius 2 is 1.91 bits per heavy atom. The topological polar surface area (TPSA) is 71.8 Å². The Kier molecular flexibility index (Phi) is 8.88. The average molecular weight is 483 g/mol. The highest BCUT2D eigenvalue weighted by atomic mass is 16.5. The third-order valence-electron chi connectivity index (χ3n) is 8.08. The van der Waals surface area contributed by atoms with Crippen LogP contribution in [0, 0.1) is 19.8 Å². The molecule has 4 rings (SSSR count). The van der Waals surface area contributed by atoms with Gasteiger partial charge in [-0.15, -0.1) is 0 Å². The van der Waals surface area contributed by atoms with E-state index in [4.69, 9.17) is 9.15 Å². The number of amides is 1. The number of nitrogens with one attached hydrogen (secondary N) is 1. The van der Waals surface area contributed by atoms with Crippen molar-refractivity contribution in [2.24, 2.45) is 5.92 Å². The van der Waals surface area contributed by atoms with Gasteiger partial charge in [0.05, 0.1) is 0 Å². The van der Waals surface area contributed by atoms with Crippen LogP contribution in [0.1, 0.15) is 81.4 Å². The Morgan fingerprint density at radius 3 is 2.74 bits per heavy atom. The van der Waals surface area contributed by atoms with Crippen LogP contribution >= 0.6 is 0 Å². The minimum Gasteiger partial charge on any atom is -0.483 e. The van der Waals surface area contributed by atoms with Crippen molar-refractivity contribution in [1.29, 1.82) is 0 Å². The number of nitrogens with zero attached hydrogens (tertiary/aromatic N) is 1. The molecule has 1 aromatic carbocycles. The Morgan fingerprint density at radius 1 is 1.09 bits per heavy atom. The number of hydrogen-bond donors (Lipinski definition) is 1. The SMILES string of the molecule is CCCCCCc1c(C)c2ccc(OCC(=O)NCC3CCCN4CCCCC34)c(C)c2oc1=O. The Bertz CT molecular complexity index is 1070. The summed E-state index contributed by atoms with van der Waals surface area (Å²) in [5.41, 5.74) is 2.83. The third-order valence-corrected chi connectivity index (χ3v) is 8.08. The van der Waals surface area contributed by atoms with Crippen molar-refractivity contribution < 1.29 is 13.9 Å². The lowest BCUT2D eigenvalue weighted by molar-refractivity contribution is -0.123. The summed E-state index contributed by atoms with van der Waals surface area (Å²) in [5, 5.41) is 4.05. The summed E-state index contributed by atoms with van der Waals surface area (Å²) in [4.78, 5) is 27.9. The van der Waals surface area contributed by atoms with E-state index in [9.17, 15) is 9.59 Å². The lowest BCUT2D eigenvalue weighted by Gasteiger charge is -2.44. The van der Waals surface area contributed by atoms with Crippen LogP contribution < -0.4 is 15.7 Å². The number of ether oxygens (including phenoxy) is 1. The first-order chi connectivity index (χ1) is 17.0. The molecule has 2 fully saturated rings. The van der Waals surface area contributed by atoms with Crippen molar-refractivity contribution in [1.82, 2.24) is 10.2 Å². The molecule has 192 valence electrons. The molecule has 2 aliphatic rings. The van der Waals surface area contributed by atoms with Crippen molar-refractivity contribution in [2.45, 2.75) is 91.0 Å². The maximum atomic E-state index is 12.7. The monoisotopic (exact) mass is 482 g/mol. The van der Waals surface area contributed by atoms with Crippen molar-refractivity contribution in [2.75, 3.05) is 26.2 Å². The molecule has 2 aliphatic heterocycles. The van der Waals surface area contributed by atoms with E-state index in [0.717, 1.165) is 47.9 Å². The molecule has 1 amide bonds. The van der Waals surface area contributed by atoms with Crippen molar-refractivity contribution in [3.05, 3.63) is 39.2 Å². The molecule has 0 saturated carbocycles. The molecular formula is C29H42N2O4. The molecule has 6 heteroatoms. The van der Waals surface area contributed by atoms with Crippen molar-refractivity contribution in [3.63, 3.8) is 0 Å². The minimum absolute atomic E-state index is 0.0355. The van der Waals surface area contributed by atoms with Gasteiger partial charge in [0.1, 0.15) is 11.3 Å². The highest BCUT2D eigenvalue weighted by Crippen LogP contribution is 2.31. The summed E-state index contributed by atoms with van der Waals surface area (Å²) in [6.07, 6.45) is 11.5. The maximum absolute atomic E-state index is 12.7. The smallest absolute Gasteiger partial charge is 0.339 e. The number of benzene rings is 1. The summed E-state index contributed by atoms with van der Waals surface area (Å²) in [7, 11) is 0. The van der Waals surface area contributed by atoms with Crippen molar-refractivity contribution >= 4 is 16.9 Å². The average Bonchev–Trinajstić information content (AvgIpc) is 2.87. The van der Waals surface area contributed by atoms with Gasteiger partial charge in [-0.2, -0.15) is 0 Å². The zero-order valence-corrected chi connectivity index (χ0v) is 21.8. The van der Waals surface area contributed by atoms with E-state index in [1.165, 1.54) is 58.0 Å². The number of hydrogen-bond acceptors (Lipinski definition) is 5. The van der Waals surface area contributed by atoms with Gasteiger partial charge < -0.3 is 19.4 Å². The molecule has 3 heterocycles. The molecule has 0 aliphatic carbocycles. The first-order valence-electron chi connectivity index (χ1n) is 13.7. The van der Waals surface area contributed by atoms with Crippen LogP contribution in [0.15, 0.2) is 21.3 Å². The quantitative estimate of drug-likeness (QED) is 0.368. The lowest BCUT2D eigenvalue weighted by Crippen LogP contribution is -2.51. The highest BCUT2D eigenvalue weighted by Gasteiger charge is 2.32. The van der Waals surface area contributed by atoms with Gasteiger partial charge in [0.2, 0.25) is 0 Å². The van der Waals surface area contributed by atoms with Gasteiger partial charge in [-0.05, 0) is 89.1 Å². The van der Waals surface area contributed by atoms with E-state index in [-0.39, 0.29) is 18.1 Å². The fraction of sp³-hybridized carbons (Fsp3) is 0.655. The predicted octanol–water partition coefficient (Wildman–Crippen LogP) is 5.29. The molecule has 2 saturated heterocycles. The first kappa shape index (κ1) is 25.7. The number of rotatable bonds is 10. The molecule has 0 radical (unpaired) electrons. The standard InChI is InChI=1S/C29H42N2O4/c1-4-5-6-7-12-24-20(2)23-14-15-26(21(3)28(23)35-29(24)33)34-19-27(32)30-18-22-11-10-17-31-16-9-8-13-25(22)31/h14-15,22,25H,4-13,16-19H2,1-3H3,(H,30,32). The molecule has 1 N–H and O–H groups in total. The molecule has 6 nitrogen and oxygen atoms in total. The predicted molar refractivity (Wildman–Crippen MR) is 140 cm³/mol. The second-order valence-electron chi connectivity index (χ2n) is 10.5. The number of piperidine rings is 2. The van der Waals surface area contributed by atoms with E-state index >= 15 is 0 Å². The Balaban J connectivity index is 1.36. The van der Waals surface area contributed by atoms with Crippen LogP contribution in [0.3, 0.4) is 0 Å².